The molecule has 1 saturated heterocycles. The SMILES string of the molecule is CNC(=O)c1cc(NC(=O)COCC2CCCCO2)cc(C(F)(F)F)c1. The van der Waals surface area contributed by atoms with Crippen molar-refractivity contribution >= 4 is 17.5 Å². The molecule has 0 aromatic heterocycles. The molecule has 0 spiro atoms. The van der Waals surface area contributed by atoms with Gasteiger partial charge in [0.25, 0.3) is 5.91 Å². The minimum absolute atomic E-state index is 0.0649. The predicted molar refractivity (Wildman–Crippen MR) is 87.9 cm³/mol. The van der Waals surface area contributed by atoms with Gasteiger partial charge in [0.2, 0.25) is 5.91 Å². The number of alkyl halides is 3. The third kappa shape index (κ3) is 5.99. The zero-order chi connectivity index (χ0) is 19.2. The van der Waals surface area contributed by atoms with E-state index in [1.165, 1.54) is 13.1 Å². The molecule has 1 aliphatic heterocycles. The van der Waals surface area contributed by atoms with E-state index < -0.39 is 23.6 Å². The van der Waals surface area contributed by atoms with E-state index in [4.69, 9.17) is 9.47 Å². The monoisotopic (exact) mass is 374 g/mol. The van der Waals surface area contributed by atoms with Crippen LogP contribution in [-0.4, -0.2) is 44.8 Å². The van der Waals surface area contributed by atoms with Crippen LogP contribution in [0.1, 0.15) is 35.2 Å². The Kier molecular flexibility index (Phi) is 6.98. The topological polar surface area (TPSA) is 76.7 Å². The zero-order valence-corrected chi connectivity index (χ0v) is 14.3. The highest BCUT2D eigenvalue weighted by Gasteiger charge is 2.32. The fraction of sp³-hybridized carbons (Fsp3) is 0.529. The molecule has 1 atom stereocenters. The number of halogens is 3. The summed E-state index contributed by atoms with van der Waals surface area (Å²) in [7, 11) is 1.31. The lowest BCUT2D eigenvalue weighted by Crippen LogP contribution is -2.27. The van der Waals surface area contributed by atoms with Crippen molar-refractivity contribution in [1.82, 2.24) is 5.32 Å². The highest BCUT2D eigenvalue weighted by Crippen LogP contribution is 2.32. The van der Waals surface area contributed by atoms with Crippen LogP contribution in [0.15, 0.2) is 18.2 Å². The standard InChI is InChI=1S/C17H21F3N2O4/c1-21-16(24)11-6-12(17(18,19)20)8-13(7-11)22-15(23)10-25-9-14-4-2-3-5-26-14/h6-8,14H,2-5,9-10H2,1H3,(H,21,24)(H,22,23). The lowest BCUT2D eigenvalue weighted by atomic mass is 10.1. The van der Waals surface area contributed by atoms with Crippen LogP contribution in [0.5, 0.6) is 0 Å². The van der Waals surface area contributed by atoms with Crippen LogP contribution in [0, 0.1) is 0 Å². The van der Waals surface area contributed by atoms with E-state index in [2.05, 4.69) is 10.6 Å². The Morgan fingerprint density at radius 1 is 1.27 bits per heavy atom. The summed E-state index contributed by atoms with van der Waals surface area (Å²) in [4.78, 5) is 23.6. The molecule has 0 saturated carbocycles. The second-order valence-electron chi connectivity index (χ2n) is 5.93. The Morgan fingerprint density at radius 2 is 2.04 bits per heavy atom. The van der Waals surface area contributed by atoms with Crippen LogP contribution >= 0.6 is 0 Å². The number of hydrogen-bond donors (Lipinski definition) is 2. The van der Waals surface area contributed by atoms with Crippen LogP contribution in [0.2, 0.25) is 0 Å². The summed E-state index contributed by atoms with van der Waals surface area (Å²) in [5, 5.41) is 4.58. The number of nitrogens with one attached hydrogen (secondary N) is 2. The summed E-state index contributed by atoms with van der Waals surface area (Å²) in [6, 6.07) is 2.68. The number of rotatable bonds is 6. The number of carbonyl (C=O) groups excluding carboxylic acids is 2. The van der Waals surface area contributed by atoms with E-state index in [1.807, 2.05) is 0 Å². The Labute approximate surface area is 149 Å². The number of hydrogen-bond acceptors (Lipinski definition) is 4. The van der Waals surface area contributed by atoms with E-state index in [0.29, 0.717) is 6.61 Å². The number of carbonyl (C=O) groups is 2. The van der Waals surface area contributed by atoms with E-state index >= 15 is 0 Å². The first-order valence-electron chi connectivity index (χ1n) is 8.23. The van der Waals surface area contributed by atoms with Gasteiger partial charge in [-0.05, 0) is 37.5 Å². The minimum Gasteiger partial charge on any atom is -0.376 e. The van der Waals surface area contributed by atoms with Gasteiger partial charge in [-0.3, -0.25) is 9.59 Å². The minimum atomic E-state index is -4.64. The predicted octanol–water partition coefficient (Wildman–Crippen LogP) is 2.59. The van der Waals surface area contributed by atoms with Crippen molar-refractivity contribution in [2.45, 2.75) is 31.5 Å². The molecule has 1 aliphatic rings. The molecule has 1 unspecified atom stereocenters. The van der Waals surface area contributed by atoms with Crippen LogP contribution < -0.4 is 10.6 Å². The van der Waals surface area contributed by atoms with Crippen molar-refractivity contribution in [3.05, 3.63) is 29.3 Å². The van der Waals surface area contributed by atoms with Crippen molar-refractivity contribution in [2.75, 3.05) is 32.2 Å². The van der Waals surface area contributed by atoms with E-state index in [1.54, 1.807) is 0 Å². The molecule has 1 aromatic rings. The zero-order valence-electron chi connectivity index (χ0n) is 14.3. The summed E-state index contributed by atoms with van der Waals surface area (Å²) in [6.07, 6.45) is -1.82. The maximum atomic E-state index is 13.0. The molecular weight excluding hydrogens is 353 g/mol. The molecule has 9 heteroatoms. The van der Waals surface area contributed by atoms with E-state index in [-0.39, 0.29) is 30.6 Å². The van der Waals surface area contributed by atoms with Gasteiger partial charge in [-0.2, -0.15) is 13.2 Å². The second kappa shape index (κ2) is 9.00. The van der Waals surface area contributed by atoms with Crippen molar-refractivity contribution in [3.63, 3.8) is 0 Å². The molecule has 1 fully saturated rings. The largest absolute Gasteiger partial charge is 0.416 e. The Hall–Kier alpha value is -2.13. The summed E-state index contributed by atoms with van der Waals surface area (Å²) in [5.74, 6) is -1.29. The van der Waals surface area contributed by atoms with Gasteiger partial charge in [0.05, 0.1) is 18.3 Å². The molecule has 2 amide bonds. The highest BCUT2D eigenvalue weighted by atomic mass is 19.4. The normalized spacial score (nSPS) is 17.6. The van der Waals surface area contributed by atoms with Gasteiger partial charge in [0.15, 0.2) is 0 Å². The number of amides is 2. The molecule has 1 aromatic carbocycles. The summed E-state index contributed by atoms with van der Waals surface area (Å²) in [5.41, 5.74) is -1.35. The maximum Gasteiger partial charge on any atom is 0.416 e. The molecule has 2 rings (SSSR count). The van der Waals surface area contributed by atoms with Gasteiger partial charge in [0.1, 0.15) is 6.61 Å². The van der Waals surface area contributed by atoms with Crippen molar-refractivity contribution in [2.24, 2.45) is 0 Å². The molecule has 1 heterocycles. The lowest BCUT2D eigenvalue weighted by Gasteiger charge is -2.22. The number of ether oxygens (including phenoxy) is 2. The van der Waals surface area contributed by atoms with Gasteiger partial charge in [0, 0.05) is 24.9 Å². The molecule has 0 radical (unpaired) electrons. The van der Waals surface area contributed by atoms with Gasteiger partial charge >= 0.3 is 6.18 Å². The molecule has 0 aliphatic carbocycles. The van der Waals surface area contributed by atoms with Crippen molar-refractivity contribution in [1.29, 1.82) is 0 Å². The highest BCUT2D eigenvalue weighted by molar-refractivity contribution is 5.97. The summed E-state index contributed by atoms with van der Waals surface area (Å²) in [6.45, 7) is 0.595. The molecule has 2 N–H and O–H groups in total. The maximum absolute atomic E-state index is 13.0. The summed E-state index contributed by atoms with van der Waals surface area (Å²) < 4.78 is 49.7. The second-order valence-corrected chi connectivity index (χ2v) is 5.93. The first kappa shape index (κ1) is 20.2. The fourth-order valence-corrected chi connectivity index (χ4v) is 2.56. The third-order valence-electron chi connectivity index (χ3n) is 3.84. The Balaban J connectivity index is 1.97. The van der Waals surface area contributed by atoms with Crippen LogP contribution in [-0.2, 0) is 20.4 Å². The molecule has 144 valence electrons. The average Bonchev–Trinajstić information content (AvgIpc) is 2.61. The molecule has 0 bridgehead atoms. The third-order valence-corrected chi connectivity index (χ3v) is 3.84. The van der Waals surface area contributed by atoms with E-state index in [0.717, 1.165) is 31.4 Å². The van der Waals surface area contributed by atoms with Crippen LogP contribution in [0.3, 0.4) is 0 Å². The smallest absolute Gasteiger partial charge is 0.376 e. The van der Waals surface area contributed by atoms with Crippen LogP contribution in [0.25, 0.3) is 0 Å². The molecular formula is C17H21F3N2O4. The van der Waals surface area contributed by atoms with Crippen molar-refractivity contribution in [3.8, 4) is 0 Å². The van der Waals surface area contributed by atoms with Crippen molar-refractivity contribution < 1.29 is 32.2 Å². The lowest BCUT2D eigenvalue weighted by molar-refractivity contribution is -0.137. The first-order chi connectivity index (χ1) is 12.3. The quantitative estimate of drug-likeness (QED) is 0.803. The van der Waals surface area contributed by atoms with E-state index in [9.17, 15) is 22.8 Å². The van der Waals surface area contributed by atoms with Gasteiger partial charge in [-0.1, -0.05) is 0 Å². The average molecular weight is 374 g/mol. The number of anilines is 1. The summed E-state index contributed by atoms with van der Waals surface area (Å²) >= 11 is 0. The van der Waals surface area contributed by atoms with Gasteiger partial charge < -0.3 is 20.1 Å². The van der Waals surface area contributed by atoms with Gasteiger partial charge in [-0.25, -0.2) is 0 Å². The fourth-order valence-electron chi connectivity index (χ4n) is 2.56. The van der Waals surface area contributed by atoms with Crippen LogP contribution in [0.4, 0.5) is 18.9 Å². The molecule has 26 heavy (non-hydrogen) atoms. The Bertz CT molecular complexity index is 643. The first-order valence-corrected chi connectivity index (χ1v) is 8.23. The van der Waals surface area contributed by atoms with Gasteiger partial charge in [-0.15, -0.1) is 0 Å². The number of benzene rings is 1. The Morgan fingerprint density at radius 3 is 2.65 bits per heavy atom. The molecule has 6 nitrogen and oxygen atoms in total.